The van der Waals surface area contributed by atoms with Crippen LogP contribution in [0.25, 0.3) is 0 Å². The second-order valence-electron chi connectivity index (χ2n) is 6.47. The zero-order valence-electron chi connectivity index (χ0n) is 13.8. The number of likely N-dealkylation sites (N-methyl/N-ethyl adjacent to an activating group) is 1. The van der Waals surface area contributed by atoms with Gasteiger partial charge < -0.3 is 9.80 Å². The molecule has 1 aliphatic heterocycles. The molecule has 0 N–H and O–H groups in total. The van der Waals surface area contributed by atoms with Gasteiger partial charge in [0, 0.05) is 31.0 Å². The molecule has 1 heterocycles. The van der Waals surface area contributed by atoms with Gasteiger partial charge >= 0.3 is 0 Å². The normalized spacial score (nSPS) is 22.4. The molecule has 0 saturated carbocycles. The van der Waals surface area contributed by atoms with Gasteiger partial charge in [0.05, 0.1) is 4.90 Å². The molecular weight excluding hydrogens is 300 g/mol. The summed E-state index contributed by atoms with van der Waals surface area (Å²) in [5.41, 5.74) is 1.29. The number of aryl methyl sites for hydroxylation is 1. The third-order valence-corrected chi connectivity index (χ3v) is 5.50. The van der Waals surface area contributed by atoms with Crippen molar-refractivity contribution in [3.05, 3.63) is 29.3 Å². The first-order chi connectivity index (χ1) is 10.1. The van der Waals surface area contributed by atoms with Gasteiger partial charge in [0.2, 0.25) is 0 Å². The first-order valence-electron chi connectivity index (χ1n) is 7.37. The SMILES string of the molecule is Cc1ccc(S(C)(=O)=O)cc1C(=O)N1C[C@@H](N(C)C)[C@@H](C)C1. The highest BCUT2D eigenvalue weighted by Gasteiger charge is 2.34. The quantitative estimate of drug-likeness (QED) is 0.844. The van der Waals surface area contributed by atoms with E-state index >= 15 is 0 Å². The largest absolute Gasteiger partial charge is 0.337 e. The summed E-state index contributed by atoms with van der Waals surface area (Å²) < 4.78 is 23.4. The minimum absolute atomic E-state index is 0.0841. The molecule has 1 amide bonds. The van der Waals surface area contributed by atoms with Crippen molar-refractivity contribution in [1.29, 1.82) is 0 Å². The lowest BCUT2D eigenvalue weighted by atomic mass is 10.1. The number of likely N-dealkylation sites (tertiary alicyclic amines) is 1. The standard InChI is InChI=1S/C16H24N2O3S/c1-11-6-7-13(22(5,20)21)8-14(11)16(19)18-9-12(2)15(10-18)17(3)4/h6-8,12,15H,9-10H2,1-5H3/t12-,15+/m0/s1. The lowest BCUT2D eigenvalue weighted by Gasteiger charge is -2.22. The van der Waals surface area contributed by atoms with Crippen molar-refractivity contribution in [2.75, 3.05) is 33.4 Å². The molecule has 2 rings (SSSR count). The van der Waals surface area contributed by atoms with Crippen LogP contribution in [0.1, 0.15) is 22.8 Å². The first-order valence-corrected chi connectivity index (χ1v) is 9.27. The third-order valence-electron chi connectivity index (χ3n) is 4.39. The van der Waals surface area contributed by atoms with Crippen molar-refractivity contribution >= 4 is 15.7 Å². The van der Waals surface area contributed by atoms with Gasteiger partial charge in [-0.05, 0) is 44.6 Å². The number of benzene rings is 1. The van der Waals surface area contributed by atoms with E-state index in [-0.39, 0.29) is 10.8 Å². The first kappa shape index (κ1) is 17.0. The Labute approximate surface area is 132 Å². The van der Waals surface area contributed by atoms with Gasteiger partial charge in [0.15, 0.2) is 9.84 Å². The Balaban J connectivity index is 2.31. The fourth-order valence-electron chi connectivity index (χ4n) is 3.02. The van der Waals surface area contributed by atoms with Crippen LogP contribution in [-0.2, 0) is 9.84 Å². The molecule has 122 valence electrons. The number of rotatable bonds is 3. The lowest BCUT2D eigenvalue weighted by molar-refractivity contribution is 0.0780. The summed E-state index contributed by atoms with van der Waals surface area (Å²) in [7, 11) is 0.724. The summed E-state index contributed by atoms with van der Waals surface area (Å²) in [5.74, 6) is 0.316. The zero-order chi connectivity index (χ0) is 16.7. The average molecular weight is 324 g/mol. The second-order valence-corrected chi connectivity index (χ2v) is 8.48. The number of hydrogen-bond donors (Lipinski definition) is 0. The molecule has 1 aromatic carbocycles. The minimum atomic E-state index is -3.31. The van der Waals surface area contributed by atoms with Crippen LogP contribution in [0.4, 0.5) is 0 Å². The molecule has 22 heavy (non-hydrogen) atoms. The monoisotopic (exact) mass is 324 g/mol. The molecule has 0 bridgehead atoms. The van der Waals surface area contributed by atoms with Crippen molar-refractivity contribution in [3.8, 4) is 0 Å². The van der Waals surface area contributed by atoms with Gasteiger partial charge in [-0.3, -0.25) is 4.79 Å². The average Bonchev–Trinajstić information content (AvgIpc) is 2.79. The third kappa shape index (κ3) is 3.33. The van der Waals surface area contributed by atoms with Crippen LogP contribution in [0, 0.1) is 12.8 Å². The number of carbonyl (C=O) groups excluding carboxylic acids is 1. The fourth-order valence-corrected chi connectivity index (χ4v) is 3.67. The molecular formula is C16H24N2O3S. The van der Waals surface area contributed by atoms with Crippen LogP contribution < -0.4 is 0 Å². The van der Waals surface area contributed by atoms with E-state index in [2.05, 4.69) is 11.8 Å². The highest BCUT2D eigenvalue weighted by atomic mass is 32.2. The van der Waals surface area contributed by atoms with Crippen molar-refractivity contribution < 1.29 is 13.2 Å². The molecule has 1 fully saturated rings. The number of hydrogen-bond acceptors (Lipinski definition) is 4. The Kier molecular flexibility index (Phi) is 4.63. The van der Waals surface area contributed by atoms with E-state index < -0.39 is 9.84 Å². The number of sulfone groups is 1. The molecule has 1 saturated heterocycles. The Hall–Kier alpha value is -1.40. The molecule has 0 unspecified atom stereocenters. The van der Waals surface area contributed by atoms with Gasteiger partial charge in [-0.1, -0.05) is 13.0 Å². The zero-order valence-corrected chi connectivity index (χ0v) is 14.6. The Morgan fingerprint density at radius 1 is 1.27 bits per heavy atom. The Morgan fingerprint density at radius 2 is 1.91 bits per heavy atom. The van der Waals surface area contributed by atoms with Crippen LogP contribution >= 0.6 is 0 Å². The van der Waals surface area contributed by atoms with Crippen LogP contribution in [0.15, 0.2) is 23.1 Å². The maximum atomic E-state index is 12.8. The molecule has 0 aromatic heterocycles. The molecule has 5 nitrogen and oxygen atoms in total. The van der Waals surface area contributed by atoms with Crippen molar-refractivity contribution in [3.63, 3.8) is 0 Å². The number of carbonyl (C=O) groups is 1. The van der Waals surface area contributed by atoms with Crippen LogP contribution in [-0.4, -0.2) is 63.6 Å². The van der Waals surface area contributed by atoms with Gasteiger partial charge in [-0.25, -0.2) is 8.42 Å². The van der Waals surface area contributed by atoms with E-state index in [1.54, 1.807) is 12.1 Å². The van der Waals surface area contributed by atoms with Gasteiger partial charge in [-0.2, -0.15) is 0 Å². The predicted octanol–water partition coefficient (Wildman–Crippen LogP) is 1.42. The van der Waals surface area contributed by atoms with E-state index in [1.807, 2.05) is 25.9 Å². The van der Waals surface area contributed by atoms with Gasteiger partial charge in [0.25, 0.3) is 5.91 Å². The molecule has 1 aromatic rings. The molecule has 0 spiro atoms. The predicted molar refractivity (Wildman–Crippen MR) is 86.8 cm³/mol. The maximum Gasteiger partial charge on any atom is 0.254 e. The summed E-state index contributed by atoms with van der Waals surface area (Å²) in [4.78, 5) is 16.9. The van der Waals surface area contributed by atoms with Crippen molar-refractivity contribution in [1.82, 2.24) is 9.80 Å². The molecule has 0 radical (unpaired) electrons. The summed E-state index contributed by atoms with van der Waals surface area (Å²) in [6.07, 6.45) is 1.16. The Bertz CT molecular complexity index is 683. The van der Waals surface area contributed by atoms with E-state index in [0.717, 1.165) is 11.8 Å². The lowest BCUT2D eigenvalue weighted by Crippen LogP contribution is -2.36. The van der Waals surface area contributed by atoms with Crippen molar-refractivity contribution in [2.24, 2.45) is 5.92 Å². The van der Waals surface area contributed by atoms with Crippen LogP contribution in [0.2, 0.25) is 0 Å². The highest BCUT2D eigenvalue weighted by Crippen LogP contribution is 2.24. The minimum Gasteiger partial charge on any atom is -0.337 e. The maximum absolute atomic E-state index is 12.8. The summed E-state index contributed by atoms with van der Waals surface area (Å²) in [6.45, 7) is 5.35. The van der Waals surface area contributed by atoms with Crippen LogP contribution in [0.5, 0.6) is 0 Å². The Morgan fingerprint density at radius 3 is 2.41 bits per heavy atom. The number of amides is 1. The summed E-state index contributed by atoms with van der Waals surface area (Å²) >= 11 is 0. The number of nitrogens with zero attached hydrogens (tertiary/aromatic N) is 2. The molecule has 2 atom stereocenters. The van der Waals surface area contributed by atoms with Crippen molar-refractivity contribution in [2.45, 2.75) is 24.8 Å². The topological polar surface area (TPSA) is 57.7 Å². The second kappa shape index (κ2) is 6.01. The fraction of sp³-hybridized carbons (Fsp3) is 0.562. The molecule has 1 aliphatic rings. The van der Waals surface area contributed by atoms with E-state index in [9.17, 15) is 13.2 Å². The summed E-state index contributed by atoms with van der Waals surface area (Å²) in [5, 5.41) is 0. The van der Waals surface area contributed by atoms with E-state index in [1.165, 1.54) is 6.07 Å². The molecule has 0 aliphatic carbocycles. The van der Waals surface area contributed by atoms with Gasteiger partial charge in [0.1, 0.15) is 0 Å². The smallest absolute Gasteiger partial charge is 0.254 e. The van der Waals surface area contributed by atoms with Crippen LogP contribution in [0.3, 0.4) is 0 Å². The summed E-state index contributed by atoms with van der Waals surface area (Å²) in [6, 6.07) is 5.09. The van der Waals surface area contributed by atoms with E-state index in [4.69, 9.17) is 0 Å². The van der Waals surface area contributed by atoms with Gasteiger partial charge in [-0.15, -0.1) is 0 Å². The highest BCUT2D eigenvalue weighted by molar-refractivity contribution is 7.90. The molecule has 6 heteroatoms. The van der Waals surface area contributed by atoms with E-state index in [0.29, 0.717) is 30.6 Å².